The summed E-state index contributed by atoms with van der Waals surface area (Å²) >= 11 is 0. The standard InChI is InChI=1S/C27H25N9O4.C27H25N9O3/c1-14-8-9-18(28-11-14)20-12-29-23(31-20)19-10-16-15-6-4-5-7-17(15)30-22(16)27(33-19,25-34-36(2)26(37)39-25)24-32-21(13-38-3)40-35-24;1-4-36-26(37)38-25(34-36)27(24-30-15(3)39-35-24)22-17(16-7-5-6-8-18(16)31-22)11-20(33-27)23-29-13-21(32-23)19-10-9-14(2)12-28-19/h4-9,11-12,19,30,33H,10,13H2,1-3H3,(H,29,31);5-10,12-13,20,31,33H,4,11H2,1-3H3,(H,29,32)/t19-,27?;20-,27?/m11/s1. The maximum atomic E-state index is 12.7. The molecule has 0 amide bonds. The number of hydrogen-bond acceptors (Lipinski definition) is 19. The van der Waals surface area contributed by atoms with Crippen LogP contribution >= 0.6 is 0 Å². The molecule has 0 aliphatic carbocycles. The Kier molecular flexibility index (Phi) is 11.8. The molecule has 0 saturated heterocycles. The van der Waals surface area contributed by atoms with Crippen molar-refractivity contribution in [3.8, 4) is 22.8 Å². The lowest BCUT2D eigenvalue weighted by Gasteiger charge is -2.37. The third kappa shape index (κ3) is 8.20. The van der Waals surface area contributed by atoms with Gasteiger partial charge in [-0.25, -0.2) is 19.6 Å². The molecule has 12 aromatic rings. The number of fused-ring (bicyclic) bond motifs is 6. The number of benzene rings is 2. The van der Waals surface area contributed by atoms with Crippen LogP contribution in [0.1, 0.15) is 99.5 Å². The largest absolute Gasteiger partial charge is 0.437 e. The molecule has 6 N–H and O–H groups in total. The van der Waals surface area contributed by atoms with Gasteiger partial charge in [0, 0.05) is 61.8 Å². The van der Waals surface area contributed by atoms with Crippen molar-refractivity contribution < 1.29 is 22.6 Å². The number of nitrogens with one attached hydrogen (secondary N) is 6. The van der Waals surface area contributed by atoms with Crippen LogP contribution in [0, 0.1) is 20.8 Å². The summed E-state index contributed by atoms with van der Waals surface area (Å²) in [4.78, 5) is 66.9. The van der Waals surface area contributed by atoms with Crippen LogP contribution in [0.15, 0.2) is 125 Å². The molecule has 0 fully saturated rings. The number of hydrogen-bond donors (Lipinski definition) is 6. The van der Waals surface area contributed by atoms with Gasteiger partial charge in [0.1, 0.15) is 18.3 Å². The number of rotatable bonds is 11. The third-order valence-electron chi connectivity index (χ3n) is 14.4. The van der Waals surface area contributed by atoms with Gasteiger partial charge < -0.3 is 42.6 Å². The first kappa shape index (κ1) is 48.9. The molecule has 0 spiro atoms. The van der Waals surface area contributed by atoms with Crippen molar-refractivity contribution >= 4 is 21.8 Å². The topological polar surface area (TPSA) is 322 Å². The van der Waals surface area contributed by atoms with Gasteiger partial charge in [0.05, 0.1) is 58.6 Å². The van der Waals surface area contributed by atoms with E-state index < -0.39 is 22.6 Å². The second kappa shape index (κ2) is 19.1. The Hall–Kier alpha value is -9.72. The maximum Gasteiger partial charge on any atom is 0.437 e. The van der Waals surface area contributed by atoms with E-state index in [1.807, 2.05) is 99.9 Å². The van der Waals surface area contributed by atoms with Crippen LogP contribution in [0.25, 0.3) is 44.6 Å². The van der Waals surface area contributed by atoms with Crippen molar-refractivity contribution in [3.05, 3.63) is 199 Å². The van der Waals surface area contributed by atoms with Crippen LogP contribution in [0.5, 0.6) is 0 Å². The minimum Gasteiger partial charge on any atom is -0.389 e. The second-order valence-corrected chi connectivity index (χ2v) is 19.5. The van der Waals surface area contributed by atoms with Gasteiger partial charge in [0.25, 0.3) is 17.7 Å². The fraction of sp³-hybridized carbons (Fsp3) is 0.259. The van der Waals surface area contributed by atoms with Crippen molar-refractivity contribution in [2.45, 2.75) is 76.8 Å². The van der Waals surface area contributed by atoms with Crippen molar-refractivity contribution in [1.82, 2.24) is 90.3 Å². The highest BCUT2D eigenvalue weighted by molar-refractivity contribution is 5.87. The van der Waals surface area contributed by atoms with E-state index in [1.165, 1.54) is 11.7 Å². The van der Waals surface area contributed by atoms with Gasteiger partial charge in [-0.1, -0.05) is 58.8 Å². The lowest BCUT2D eigenvalue weighted by Crippen LogP contribution is -2.52. The Bertz CT molecular complexity index is 4320. The zero-order valence-electron chi connectivity index (χ0n) is 43.4. The molecule has 14 rings (SSSR count). The van der Waals surface area contributed by atoms with E-state index in [9.17, 15) is 9.59 Å². The highest BCUT2D eigenvalue weighted by Crippen LogP contribution is 2.47. The Morgan fingerprint density at radius 3 is 1.65 bits per heavy atom. The van der Waals surface area contributed by atoms with Crippen molar-refractivity contribution in [3.63, 3.8) is 0 Å². The molecule has 0 bridgehead atoms. The van der Waals surface area contributed by atoms with Crippen molar-refractivity contribution in [2.75, 3.05) is 7.11 Å². The van der Waals surface area contributed by atoms with Gasteiger partial charge in [-0.05, 0) is 80.1 Å². The zero-order valence-corrected chi connectivity index (χ0v) is 43.4. The third-order valence-corrected chi connectivity index (χ3v) is 14.4. The molecule has 2 aliphatic rings. The van der Waals surface area contributed by atoms with E-state index >= 15 is 0 Å². The van der Waals surface area contributed by atoms with E-state index in [-0.39, 0.29) is 48.0 Å². The monoisotopic (exact) mass is 1060 g/mol. The molecule has 10 aromatic heterocycles. The average molecular weight is 1060 g/mol. The number of nitrogens with zero attached hydrogens (tertiary/aromatic N) is 12. The summed E-state index contributed by atoms with van der Waals surface area (Å²) in [5, 5.41) is 26.9. The maximum absolute atomic E-state index is 12.7. The Balaban J connectivity index is 0.000000150. The molecule has 0 saturated carbocycles. The summed E-state index contributed by atoms with van der Waals surface area (Å²) in [7, 11) is 3.06. The molecule has 2 unspecified atom stereocenters. The minimum absolute atomic E-state index is 0.0641. The number of para-hydroxylation sites is 2. The Morgan fingerprint density at radius 1 is 0.633 bits per heavy atom. The van der Waals surface area contributed by atoms with Gasteiger partial charge in [-0.15, -0.1) is 10.2 Å². The molecule has 4 atom stereocenters. The highest BCUT2D eigenvalue weighted by atomic mass is 16.5. The van der Waals surface area contributed by atoms with Crippen LogP contribution in [-0.2, 0) is 48.9 Å². The lowest BCUT2D eigenvalue weighted by atomic mass is 9.82. The smallest absolute Gasteiger partial charge is 0.389 e. The molecular formula is C54H50N18O7. The first-order valence-corrected chi connectivity index (χ1v) is 25.4. The molecule has 25 nitrogen and oxygen atoms in total. The van der Waals surface area contributed by atoms with Crippen molar-refractivity contribution in [2.24, 2.45) is 7.05 Å². The summed E-state index contributed by atoms with van der Waals surface area (Å²) in [5.74, 6) is 1.45. The number of H-pyrrole nitrogens is 4. The molecule has 25 heteroatoms. The first-order valence-electron chi connectivity index (χ1n) is 25.4. The van der Waals surface area contributed by atoms with Crippen LogP contribution < -0.4 is 22.1 Å². The average Bonchev–Trinajstić information content (AvgIpc) is 4.09. The SMILES string of the molecule is CCn1nc(C2(c3noc(C)n3)N[C@@H](c3ncc(-c4ccc(C)cn4)[nH]3)Cc3c2[nH]c2ccccc32)oc1=O.COCc1nc(C2(c3nn(C)c(=O)o3)N[C@@H](c3ncc(-c4ccc(C)cn4)[nH]3)Cc3c2[nH]c2ccccc32)no1. The molecular weight excluding hydrogens is 1010 g/mol. The van der Waals surface area contributed by atoms with Crippen LogP contribution in [0.4, 0.5) is 0 Å². The minimum atomic E-state index is -1.41. The second-order valence-electron chi connectivity index (χ2n) is 19.5. The van der Waals surface area contributed by atoms with E-state index in [4.69, 9.17) is 32.6 Å². The summed E-state index contributed by atoms with van der Waals surface area (Å²) < 4.78 is 30.1. The predicted molar refractivity (Wildman–Crippen MR) is 281 cm³/mol. The predicted octanol–water partition coefficient (Wildman–Crippen LogP) is 5.96. The number of aryl methyl sites for hydroxylation is 5. The number of methoxy groups -OCH3 is 1. The zero-order chi connectivity index (χ0) is 54.2. The molecule has 12 heterocycles. The number of pyridine rings is 2. The van der Waals surface area contributed by atoms with Crippen LogP contribution in [0.2, 0.25) is 0 Å². The molecule has 2 aromatic carbocycles. The van der Waals surface area contributed by atoms with E-state index in [0.29, 0.717) is 42.6 Å². The number of ether oxygens (including phenoxy) is 1. The van der Waals surface area contributed by atoms with Gasteiger partial charge in [-0.3, -0.25) is 20.6 Å². The first-order chi connectivity index (χ1) is 38.4. The lowest BCUT2D eigenvalue weighted by molar-refractivity contribution is 0.151. The summed E-state index contributed by atoms with van der Waals surface area (Å²) in [5.41, 5.74) is 7.76. The van der Waals surface area contributed by atoms with E-state index in [2.05, 4.69) is 77.1 Å². The highest BCUT2D eigenvalue weighted by Gasteiger charge is 2.55. The molecule has 0 radical (unpaired) electrons. The van der Waals surface area contributed by atoms with Gasteiger partial charge in [-0.2, -0.15) is 19.3 Å². The van der Waals surface area contributed by atoms with Crippen LogP contribution in [0.3, 0.4) is 0 Å². The summed E-state index contributed by atoms with van der Waals surface area (Å²) in [6, 6.07) is 23.2. The fourth-order valence-electron chi connectivity index (χ4n) is 10.6. The summed E-state index contributed by atoms with van der Waals surface area (Å²) in [6.07, 6.45) is 8.32. The fourth-order valence-corrected chi connectivity index (χ4v) is 10.6. The molecule has 2 aliphatic heterocycles. The number of aromatic nitrogens is 16. The van der Waals surface area contributed by atoms with Crippen LogP contribution in [-0.4, -0.2) is 86.8 Å². The molecule has 79 heavy (non-hydrogen) atoms. The Morgan fingerprint density at radius 2 is 1.16 bits per heavy atom. The molecule has 398 valence electrons. The number of aromatic amines is 4. The summed E-state index contributed by atoms with van der Waals surface area (Å²) in [6.45, 7) is 7.99. The van der Waals surface area contributed by atoms with Gasteiger partial charge in [0.2, 0.25) is 28.6 Å². The quantitative estimate of drug-likeness (QED) is 0.0870. The van der Waals surface area contributed by atoms with E-state index in [0.717, 1.165) is 77.2 Å². The normalized spacial score (nSPS) is 18.9. The van der Waals surface area contributed by atoms with Crippen molar-refractivity contribution in [1.29, 1.82) is 0 Å². The van der Waals surface area contributed by atoms with Gasteiger partial charge in [0.15, 0.2) is 0 Å². The number of imidazole rings is 2. The Labute approximate surface area is 446 Å². The van der Waals surface area contributed by atoms with Gasteiger partial charge >= 0.3 is 11.5 Å². The van der Waals surface area contributed by atoms with E-state index in [1.54, 1.807) is 26.4 Å².